The topological polar surface area (TPSA) is 46.3 Å². The van der Waals surface area contributed by atoms with Gasteiger partial charge in [0.1, 0.15) is 0 Å². The first kappa shape index (κ1) is 15.0. The van der Waals surface area contributed by atoms with Crippen molar-refractivity contribution in [2.24, 2.45) is 5.73 Å². The molecule has 4 heteroatoms. The standard InChI is InChI=1S/C14H21ClN2O/c1-11(16)3-8-14(18)17(2)10-9-12-4-6-13(15)7-5-12/h4-7,11H,3,8-10,16H2,1-2H3. The van der Waals surface area contributed by atoms with Gasteiger partial charge in [-0.15, -0.1) is 0 Å². The third-order valence-electron chi connectivity index (χ3n) is 2.89. The van der Waals surface area contributed by atoms with E-state index in [1.165, 1.54) is 5.56 Å². The predicted molar refractivity (Wildman–Crippen MR) is 75.7 cm³/mol. The zero-order chi connectivity index (χ0) is 13.5. The first-order valence-corrected chi connectivity index (χ1v) is 6.61. The molecule has 100 valence electrons. The Morgan fingerprint density at radius 3 is 2.56 bits per heavy atom. The molecule has 1 aromatic rings. The number of halogens is 1. The highest BCUT2D eigenvalue weighted by Gasteiger charge is 2.09. The first-order chi connectivity index (χ1) is 8.49. The molecule has 0 aliphatic rings. The van der Waals surface area contributed by atoms with Gasteiger partial charge in [0.2, 0.25) is 5.91 Å². The Labute approximate surface area is 114 Å². The summed E-state index contributed by atoms with van der Waals surface area (Å²) in [4.78, 5) is 13.5. The minimum atomic E-state index is 0.0821. The van der Waals surface area contributed by atoms with Crippen molar-refractivity contribution in [2.45, 2.75) is 32.2 Å². The van der Waals surface area contributed by atoms with Crippen molar-refractivity contribution in [1.29, 1.82) is 0 Å². The number of rotatable bonds is 6. The molecule has 0 heterocycles. The maximum Gasteiger partial charge on any atom is 0.222 e. The first-order valence-electron chi connectivity index (χ1n) is 6.23. The third-order valence-corrected chi connectivity index (χ3v) is 3.14. The van der Waals surface area contributed by atoms with Crippen molar-refractivity contribution in [3.05, 3.63) is 34.9 Å². The van der Waals surface area contributed by atoms with Gasteiger partial charge < -0.3 is 10.6 Å². The van der Waals surface area contributed by atoms with Gasteiger partial charge >= 0.3 is 0 Å². The number of likely N-dealkylation sites (N-methyl/N-ethyl adjacent to an activating group) is 1. The SMILES string of the molecule is CC(N)CCC(=O)N(C)CCc1ccc(Cl)cc1. The predicted octanol–water partition coefficient (Wildman–Crippen LogP) is 2.47. The molecule has 0 saturated carbocycles. The molecular weight excluding hydrogens is 248 g/mol. The van der Waals surface area contributed by atoms with Gasteiger partial charge in [0, 0.05) is 31.1 Å². The number of carbonyl (C=O) groups excluding carboxylic acids is 1. The molecule has 0 radical (unpaired) electrons. The smallest absolute Gasteiger partial charge is 0.222 e. The van der Waals surface area contributed by atoms with Crippen LogP contribution in [0.25, 0.3) is 0 Å². The Kier molecular flexibility index (Phi) is 6.16. The molecule has 3 nitrogen and oxygen atoms in total. The fourth-order valence-electron chi connectivity index (χ4n) is 1.61. The van der Waals surface area contributed by atoms with Crippen LogP contribution in [0.15, 0.2) is 24.3 Å². The molecule has 1 aromatic carbocycles. The van der Waals surface area contributed by atoms with E-state index in [9.17, 15) is 4.79 Å². The summed E-state index contributed by atoms with van der Waals surface area (Å²) < 4.78 is 0. The summed E-state index contributed by atoms with van der Waals surface area (Å²) in [6.45, 7) is 2.64. The number of carbonyl (C=O) groups is 1. The highest BCUT2D eigenvalue weighted by Crippen LogP contribution is 2.10. The van der Waals surface area contributed by atoms with Crippen LogP contribution in [0.1, 0.15) is 25.3 Å². The van der Waals surface area contributed by atoms with E-state index in [-0.39, 0.29) is 11.9 Å². The lowest BCUT2D eigenvalue weighted by atomic mass is 10.1. The zero-order valence-electron chi connectivity index (χ0n) is 11.0. The van der Waals surface area contributed by atoms with E-state index in [0.717, 1.165) is 24.4 Å². The van der Waals surface area contributed by atoms with Gasteiger partial charge in [0.05, 0.1) is 0 Å². The van der Waals surface area contributed by atoms with Gasteiger partial charge in [0.15, 0.2) is 0 Å². The van der Waals surface area contributed by atoms with Crippen LogP contribution in [-0.2, 0) is 11.2 Å². The Hall–Kier alpha value is -1.06. The molecule has 2 N–H and O–H groups in total. The van der Waals surface area contributed by atoms with E-state index >= 15 is 0 Å². The monoisotopic (exact) mass is 268 g/mol. The summed E-state index contributed by atoms with van der Waals surface area (Å²) in [7, 11) is 1.83. The van der Waals surface area contributed by atoms with E-state index < -0.39 is 0 Å². The van der Waals surface area contributed by atoms with Crippen LogP contribution in [0, 0.1) is 0 Å². The normalized spacial score (nSPS) is 12.2. The summed E-state index contributed by atoms with van der Waals surface area (Å²) in [6, 6.07) is 7.80. The second-order valence-electron chi connectivity index (χ2n) is 4.71. The van der Waals surface area contributed by atoms with Gasteiger partial charge in [-0.3, -0.25) is 4.79 Å². The van der Waals surface area contributed by atoms with Crippen LogP contribution in [0.5, 0.6) is 0 Å². The Balaban J connectivity index is 2.34. The van der Waals surface area contributed by atoms with Crippen molar-refractivity contribution in [2.75, 3.05) is 13.6 Å². The van der Waals surface area contributed by atoms with Crippen LogP contribution in [0.2, 0.25) is 5.02 Å². The van der Waals surface area contributed by atoms with Crippen LogP contribution in [0.3, 0.4) is 0 Å². The minimum absolute atomic E-state index is 0.0821. The molecule has 1 unspecified atom stereocenters. The second-order valence-corrected chi connectivity index (χ2v) is 5.14. The maximum absolute atomic E-state index is 11.8. The summed E-state index contributed by atoms with van der Waals surface area (Å²) in [5.41, 5.74) is 6.82. The number of benzene rings is 1. The molecule has 0 saturated heterocycles. The van der Waals surface area contributed by atoms with Gasteiger partial charge in [-0.2, -0.15) is 0 Å². The molecule has 0 aliphatic carbocycles. The molecular formula is C14H21ClN2O. The van der Waals surface area contributed by atoms with Crippen molar-refractivity contribution in [3.63, 3.8) is 0 Å². The average molecular weight is 269 g/mol. The van der Waals surface area contributed by atoms with Gasteiger partial charge in [-0.1, -0.05) is 23.7 Å². The Bertz CT molecular complexity index is 376. The number of hydrogen-bond acceptors (Lipinski definition) is 2. The van der Waals surface area contributed by atoms with Crippen molar-refractivity contribution in [3.8, 4) is 0 Å². The molecule has 0 aromatic heterocycles. The molecule has 1 rings (SSSR count). The fraction of sp³-hybridized carbons (Fsp3) is 0.500. The molecule has 1 amide bonds. The molecule has 1 atom stereocenters. The van der Waals surface area contributed by atoms with Gasteiger partial charge in [-0.25, -0.2) is 0 Å². The van der Waals surface area contributed by atoms with Gasteiger partial charge in [0.25, 0.3) is 0 Å². The highest BCUT2D eigenvalue weighted by molar-refractivity contribution is 6.30. The molecule has 0 spiro atoms. The Morgan fingerprint density at radius 1 is 1.39 bits per heavy atom. The molecule has 0 bridgehead atoms. The average Bonchev–Trinajstić information content (AvgIpc) is 2.34. The van der Waals surface area contributed by atoms with E-state index in [4.69, 9.17) is 17.3 Å². The summed E-state index contributed by atoms with van der Waals surface area (Å²) in [6.07, 6.45) is 2.11. The second kappa shape index (κ2) is 7.39. The number of hydrogen-bond donors (Lipinski definition) is 1. The summed E-state index contributed by atoms with van der Waals surface area (Å²) in [5, 5.41) is 0.736. The zero-order valence-corrected chi connectivity index (χ0v) is 11.8. The van der Waals surface area contributed by atoms with Crippen LogP contribution in [-0.4, -0.2) is 30.4 Å². The third kappa shape index (κ3) is 5.52. The lowest BCUT2D eigenvalue weighted by Gasteiger charge is -2.17. The fourth-order valence-corrected chi connectivity index (χ4v) is 1.74. The van der Waals surface area contributed by atoms with E-state index in [1.54, 1.807) is 4.90 Å². The molecule has 0 aliphatic heterocycles. The van der Waals surface area contributed by atoms with E-state index in [1.807, 2.05) is 38.2 Å². The van der Waals surface area contributed by atoms with Crippen molar-refractivity contribution >= 4 is 17.5 Å². The number of nitrogens with zero attached hydrogens (tertiary/aromatic N) is 1. The van der Waals surface area contributed by atoms with Gasteiger partial charge in [-0.05, 0) is 37.5 Å². The highest BCUT2D eigenvalue weighted by atomic mass is 35.5. The summed E-state index contributed by atoms with van der Waals surface area (Å²) in [5.74, 6) is 0.154. The number of nitrogens with two attached hydrogens (primary N) is 1. The Morgan fingerprint density at radius 2 is 2.00 bits per heavy atom. The van der Waals surface area contributed by atoms with Crippen LogP contribution >= 0.6 is 11.6 Å². The van der Waals surface area contributed by atoms with Crippen LogP contribution in [0.4, 0.5) is 0 Å². The minimum Gasteiger partial charge on any atom is -0.345 e. The van der Waals surface area contributed by atoms with Crippen molar-refractivity contribution < 1.29 is 4.79 Å². The lowest BCUT2D eigenvalue weighted by molar-refractivity contribution is -0.130. The number of amides is 1. The quantitative estimate of drug-likeness (QED) is 0.862. The van der Waals surface area contributed by atoms with E-state index in [0.29, 0.717) is 6.42 Å². The molecule has 18 heavy (non-hydrogen) atoms. The lowest BCUT2D eigenvalue weighted by Crippen LogP contribution is -2.30. The summed E-state index contributed by atoms with van der Waals surface area (Å²) >= 11 is 5.82. The molecule has 0 fully saturated rings. The van der Waals surface area contributed by atoms with Crippen molar-refractivity contribution in [1.82, 2.24) is 4.90 Å². The maximum atomic E-state index is 11.8. The van der Waals surface area contributed by atoms with Crippen LogP contribution < -0.4 is 5.73 Å². The van der Waals surface area contributed by atoms with E-state index in [2.05, 4.69) is 0 Å². The largest absolute Gasteiger partial charge is 0.345 e.